The van der Waals surface area contributed by atoms with Crippen molar-refractivity contribution in [3.8, 4) is 0 Å². The lowest BCUT2D eigenvalue weighted by molar-refractivity contribution is 0.735. The topological polar surface area (TPSA) is 38.9 Å². The Labute approximate surface area is 120 Å². The summed E-state index contributed by atoms with van der Waals surface area (Å²) < 4.78 is 1.11. The summed E-state index contributed by atoms with van der Waals surface area (Å²) in [4.78, 5) is 5.48. The smallest absolute Gasteiger partial charge is 0.101 e. The Kier molecular flexibility index (Phi) is 4.80. The Morgan fingerprint density at radius 1 is 1.33 bits per heavy atom. The third-order valence-corrected chi connectivity index (χ3v) is 4.11. The molecule has 0 aliphatic carbocycles. The summed E-state index contributed by atoms with van der Waals surface area (Å²) in [6.45, 7) is 2.02. The Bertz CT molecular complexity index is 514. The Morgan fingerprint density at radius 2 is 2.17 bits per heavy atom. The van der Waals surface area contributed by atoms with Gasteiger partial charge in [-0.15, -0.1) is 0 Å². The summed E-state index contributed by atoms with van der Waals surface area (Å²) in [5.74, 6) is 0. The van der Waals surface area contributed by atoms with Crippen LogP contribution in [0.2, 0.25) is 0 Å². The van der Waals surface area contributed by atoms with E-state index in [1.165, 1.54) is 10.5 Å². The van der Waals surface area contributed by atoms with Gasteiger partial charge >= 0.3 is 0 Å². The van der Waals surface area contributed by atoms with Gasteiger partial charge in [-0.05, 0) is 43.2 Å². The van der Waals surface area contributed by atoms with E-state index >= 15 is 0 Å². The van der Waals surface area contributed by atoms with Gasteiger partial charge in [-0.1, -0.05) is 39.8 Å². The second kappa shape index (κ2) is 6.36. The molecule has 1 aromatic heterocycles. The molecule has 2 aromatic rings. The van der Waals surface area contributed by atoms with Gasteiger partial charge in [-0.25, -0.2) is 4.98 Å². The third-order valence-electron chi connectivity index (χ3n) is 2.43. The molecule has 0 amide bonds. The van der Waals surface area contributed by atoms with E-state index in [9.17, 15) is 0 Å². The minimum Gasteiger partial charge on any atom is -0.328 e. The SMILES string of the molecule is CC(N)Cc1ccc(Sc2ccccn2)cc1Br. The third kappa shape index (κ3) is 3.83. The second-order valence-corrected chi connectivity index (χ2v) is 6.15. The molecular formula is C14H15BrN2S. The number of halogens is 1. The maximum Gasteiger partial charge on any atom is 0.101 e. The van der Waals surface area contributed by atoms with Gasteiger partial charge in [0.1, 0.15) is 5.03 Å². The van der Waals surface area contributed by atoms with Crippen molar-refractivity contribution in [3.63, 3.8) is 0 Å². The normalized spacial score (nSPS) is 12.4. The zero-order valence-electron chi connectivity index (χ0n) is 10.1. The standard InChI is InChI=1S/C14H15BrN2S/c1-10(16)8-11-5-6-12(9-13(11)15)18-14-4-2-3-7-17-14/h2-7,9-10H,8,16H2,1H3. The molecule has 18 heavy (non-hydrogen) atoms. The first-order valence-electron chi connectivity index (χ1n) is 5.78. The van der Waals surface area contributed by atoms with E-state index < -0.39 is 0 Å². The van der Waals surface area contributed by atoms with E-state index in [-0.39, 0.29) is 6.04 Å². The number of hydrogen-bond donors (Lipinski definition) is 1. The lowest BCUT2D eigenvalue weighted by atomic mass is 10.1. The van der Waals surface area contributed by atoms with E-state index in [4.69, 9.17) is 5.73 Å². The summed E-state index contributed by atoms with van der Waals surface area (Å²) in [6.07, 6.45) is 2.69. The molecule has 2 rings (SSSR count). The summed E-state index contributed by atoms with van der Waals surface area (Å²) in [5.41, 5.74) is 7.06. The highest BCUT2D eigenvalue weighted by atomic mass is 79.9. The van der Waals surface area contributed by atoms with Gasteiger partial charge in [-0.3, -0.25) is 0 Å². The molecule has 1 atom stereocenters. The molecule has 0 fully saturated rings. The first kappa shape index (κ1) is 13.6. The summed E-state index contributed by atoms with van der Waals surface area (Å²) >= 11 is 5.26. The van der Waals surface area contributed by atoms with E-state index in [1.807, 2.05) is 31.3 Å². The molecule has 0 aliphatic rings. The van der Waals surface area contributed by atoms with Gasteiger partial charge in [0.2, 0.25) is 0 Å². The van der Waals surface area contributed by atoms with Crippen LogP contribution in [0.15, 0.2) is 57.0 Å². The quantitative estimate of drug-likeness (QED) is 0.928. The van der Waals surface area contributed by atoms with Crippen LogP contribution < -0.4 is 5.73 Å². The summed E-state index contributed by atoms with van der Waals surface area (Å²) in [6, 6.07) is 12.5. The highest BCUT2D eigenvalue weighted by Gasteiger charge is 2.05. The molecule has 1 heterocycles. The zero-order chi connectivity index (χ0) is 13.0. The molecule has 0 aliphatic heterocycles. The molecule has 2 nitrogen and oxygen atoms in total. The van der Waals surface area contributed by atoms with Crippen molar-refractivity contribution in [2.24, 2.45) is 5.73 Å². The van der Waals surface area contributed by atoms with Crippen molar-refractivity contribution < 1.29 is 0 Å². The van der Waals surface area contributed by atoms with E-state index in [0.717, 1.165) is 15.9 Å². The van der Waals surface area contributed by atoms with Crippen LogP contribution in [-0.4, -0.2) is 11.0 Å². The van der Waals surface area contributed by atoms with Crippen LogP contribution in [-0.2, 0) is 6.42 Å². The summed E-state index contributed by atoms with van der Waals surface area (Å²) in [5, 5.41) is 1.00. The lowest BCUT2D eigenvalue weighted by Gasteiger charge is -2.09. The molecule has 0 spiro atoms. The maximum absolute atomic E-state index is 5.82. The van der Waals surface area contributed by atoms with Crippen LogP contribution in [0.5, 0.6) is 0 Å². The Hall–Kier alpha value is -0.840. The van der Waals surface area contributed by atoms with Crippen molar-refractivity contribution in [1.82, 2.24) is 4.98 Å². The largest absolute Gasteiger partial charge is 0.328 e. The van der Waals surface area contributed by atoms with Crippen molar-refractivity contribution in [2.45, 2.75) is 29.3 Å². The van der Waals surface area contributed by atoms with Crippen molar-refractivity contribution in [2.75, 3.05) is 0 Å². The van der Waals surface area contributed by atoms with Gasteiger partial charge in [0, 0.05) is 21.6 Å². The van der Waals surface area contributed by atoms with Gasteiger partial charge < -0.3 is 5.73 Å². The zero-order valence-corrected chi connectivity index (χ0v) is 12.5. The van der Waals surface area contributed by atoms with E-state index in [2.05, 4.69) is 39.1 Å². The van der Waals surface area contributed by atoms with Crippen LogP contribution in [0.4, 0.5) is 0 Å². The maximum atomic E-state index is 5.82. The molecule has 94 valence electrons. The minimum atomic E-state index is 0.176. The molecule has 1 aromatic carbocycles. The second-order valence-electron chi connectivity index (χ2n) is 4.20. The van der Waals surface area contributed by atoms with Gasteiger partial charge in [0.05, 0.1) is 0 Å². The van der Waals surface area contributed by atoms with Gasteiger partial charge in [0.15, 0.2) is 0 Å². The lowest BCUT2D eigenvalue weighted by Crippen LogP contribution is -2.17. The number of rotatable bonds is 4. The number of pyridine rings is 1. The first-order valence-corrected chi connectivity index (χ1v) is 7.39. The molecule has 0 bridgehead atoms. The number of nitrogens with zero attached hydrogens (tertiary/aromatic N) is 1. The fraction of sp³-hybridized carbons (Fsp3) is 0.214. The number of aromatic nitrogens is 1. The van der Waals surface area contributed by atoms with Crippen molar-refractivity contribution in [1.29, 1.82) is 0 Å². The van der Waals surface area contributed by atoms with Crippen LogP contribution in [0.1, 0.15) is 12.5 Å². The Balaban J connectivity index is 2.14. The molecule has 1 unspecified atom stereocenters. The van der Waals surface area contributed by atoms with Crippen molar-refractivity contribution in [3.05, 3.63) is 52.6 Å². The van der Waals surface area contributed by atoms with Crippen LogP contribution in [0.25, 0.3) is 0 Å². The minimum absolute atomic E-state index is 0.176. The van der Waals surface area contributed by atoms with Crippen LogP contribution in [0, 0.1) is 0 Å². The number of benzene rings is 1. The van der Waals surface area contributed by atoms with Gasteiger partial charge in [0.25, 0.3) is 0 Å². The molecule has 0 saturated carbocycles. The van der Waals surface area contributed by atoms with E-state index in [0.29, 0.717) is 0 Å². The summed E-state index contributed by atoms with van der Waals surface area (Å²) in [7, 11) is 0. The molecule has 0 radical (unpaired) electrons. The fourth-order valence-electron chi connectivity index (χ4n) is 1.63. The molecule has 0 saturated heterocycles. The fourth-order valence-corrected chi connectivity index (χ4v) is 3.14. The number of nitrogens with two attached hydrogens (primary N) is 1. The molecular weight excluding hydrogens is 308 g/mol. The van der Waals surface area contributed by atoms with Crippen molar-refractivity contribution >= 4 is 27.7 Å². The predicted molar refractivity (Wildman–Crippen MR) is 79.9 cm³/mol. The van der Waals surface area contributed by atoms with Crippen LogP contribution in [0.3, 0.4) is 0 Å². The Morgan fingerprint density at radius 3 is 2.78 bits per heavy atom. The van der Waals surface area contributed by atoms with Crippen LogP contribution >= 0.6 is 27.7 Å². The molecule has 2 N–H and O–H groups in total. The number of hydrogen-bond acceptors (Lipinski definition) is 3. The monoisotopic (exact) mass is 322 g/mol. The first-order chi connectivity index (χ1) is 8.65. The van der Waals surface area contributed by atoms with E-state index in [1.54, 1.807) is 11.8 Å². The average molecular weight is 323 g/mol. The average Bonchev–Trinajstić information content (AvgIpc) is 2.33. The molecule has 4 heteroatoms. The highest BCUT2D eigenvalue weighted by Crippen LogP contribution is 2.30. The highest BCUT2D eigenvalue weighted by molar-refractivity contribution is 9.10. The predicted octanol–water partition coefficient (Wildman–Crippen LogP) is 3.89. The van der Waals surface area contributed by atoms with Gasteiger partial charge in [-0.2, -0.15) is 0 Å².